The lowest BCUT2D eigenvalue weighted by Crippen LogP contribution is -1.85. The average molecular weight is 425 g/mol. The van der Waals surface area contributed by atoms with E-state index in [1.807, 2.05) is 0 Å². The lowest BCUT2D eigenvalue weighted by Gasteiger charge is -2.09. The van der Waals surface area contributed by atoms with Gasteiger partial charge in [0.25, 0.3) is 0 Å². The summed E-state index contributed by atoms with van der Waals surface area (Å²) in [4.78, 5) is 0. The van der Waals surface area contributed by atoms with Crippen LogP contribution in [0, 0.1) is 0 Å². The highest BCUT2D eigenvalue weighted by molar-refractivity contribution is 6.13. The molecule has 6 aromatic rings. The Kier molecular flexibility index (Phi) is 4.81. The zero-order valence-corrected chi connectivity index (χ0v) is 18.6. The SMILES string of the molecule is CCc1cccc2oc3cccc(-c4cccc(-c5ccc(-c6ccccc6)cc5)c4)c3c12. The molecule has 0 saturated carbocycles. The molecular formula is C32H24O. The molecule has 0 aliphatic carbocycles. The second-order valence-corrected chi connectivity index (χ2v) is 8.45. The van der Waals surface area contributed by atoms with Crippen LogP contribution >= 0.6 is 0 Å². The van der Waals surface area contributed by atoms with Crippen LogP contribution in [-0.4, -0.2) is 0 Å². The van der Waals surface area contributed by atoms with Crippen molar-refractivity contribution < 1.29 is 4.42 Å². The van der Waals surface area contributed by atoms with E-state index < -0.39 is 0 Å². The fraction of sp³-hybridized carbons (Fsp3) is 0.0625. The van der Waals surface area contributed by atoms with E-state index in [9.17, 15) is 0 Å². The van der Waals surface area contributed by atoms with E-state index in [1.54, 1.807) is 0 Å². The molecule has 33 heavy (non-hydrogen) atoms. The average Bonchev–Trinajstić information content (AvgIpc) is 3.28. The van der Waals surface area contributed by atoms with Crippen molar-refractivity contribution in [2.45, 2.75) is 13.3 Å². The molecule has 158 valence electrons. The predicted molar refractivity (Wildman–Crippen MR) is 139 cm³/mol. The predicted octanol–water partition coefficient (Wildman–Crippen LogP) is 9.15. The summed E-state index contributed by atoms with van der Waals surface area (Å²) in [5.74, 6) is 0. The summed E-state index contributed by atoms with van der Waals surface area (Å²) < 4.78 is 6.23. The number of hydrogen-bond acceptors (Lipinski definition) is 1. The molecular weight excluding hydrogens is 400 g/mol. The Labute approximate surface area is 193 Å². The molecule has 0 radical (unpaired) electrons. The van der Waals surface area contributed by atoms with Gasteiger partial charge in [0.15, 0.2) is 0 Å². The topological polar surface area (TPSA) is 13.1 Å². The van der Waals surface area contributed by atoms with Gasteiger partial charge in [0.1, 0.15) is 11.2 Å². The first-order chi connectivity index (χ1) is 16.3. The molecule has 0 saturated heterocycles. The van der Waals surface area contributed by atoms with E-state index in [4.69, 9.17) is 4.42 Å². The second kappa shape index (κ2) is 8.11. The summed E-state index contributed by atoms with van der Waals surface area (Å²) >= 11 is 0. The zero-order valence-electron chi connectivity index (χ0n) is 18.6. The van der Waals surface area contributed by atoms with Crippen molar-refractivity contribution in [1.29, 1.82) is 0 Å². The van der Waals surface area contributed by atoms with Crippen molar-refractivity contribution in [1.82, 2.24) is 0 Å². The van der Waals surface area contributed by atoms with Crippen molar-refractivity contribution in [2.75, 3.05) is 0 Å². The molecule has 5 aromatic carbocycles. The molecule has 0 bridgehead atoms. The van der Waals surface area contributed by atoms with Gasteiger partial charge in [-0.1, -0.05) is 104 Å². The molecule has 1 nitrogen and oxygen atoms in total. The van der Waals surface area contributed by atoms with Crippen LogP contribution in [0.1, 0.15) is 12.5 Å². The smallest absolute Gasteiger partial charge is 0.136 e. The number of rotatable bonds is 4. The second-order valence-electron chi connectivity index (χ2n) is 8.45. The van der Waals surface area contributed by atoms with E-state index in [0.29, 0.717) is 0 Å². The van der Waals surface area contributed by atoms with Gasteiger partial charge in [-0.2, -0.15) is 0 Å². The summed E-state index contributed by atoms with van der Waals surface area (Å²) in [5.41, 5.74) is 10.6. The van der Waals surface area contributed by atoms with Crippen molar-refractivity contribution >= 4 is 21.9 Å². The van der Waals surface area contributed by atoms with Crippen LogP contribution in [0.4, 0.5) is 0 Å². The van der Waals surface area contributed by atoms with Gasteiger partial charge >= 0.3 is 0 Å². The third kappa shape index (κ3) is 3.43. The molecule has 0 unspecified atom stereocenters. The fourth-order valence-corrected chi connectivity index (χ4v) is 4.83. The first kappa shape index (κ1) is 19.6. The minimum atomic E-state index is 0.945. The molecule has 6 rings (SSSR count). The summed E-state index contributed by atoms with van der Waals surface area (Å²) in [7, 11) is 0. The third-order valence-corrected chi connectivity index (χ3v) is 6.49. The monoisotopic (exact) mass is 424 g/mol. The summed E-state index contributed by atoms with van der Waals surface area (Å²) in [6.45, 7) is 2.20. The molecule has 0 aliphatic rings. The Bertz CT molecular complexity index is 1570. The molecule has 0 atom stereocenters. The normalized spacial score (nSPS) is 11.3. The van der Waals surface area contributed by atoms with Crippen LogP contribution in [0.15, 0.2) is 120 Å². The minimum Gasteiger partial charge on any atom is -0.456 e. The number of aryl methyl sites for hydroxylation is 1. The molecule has 1 aromatic heterocycles. The molecule has 0 aliphatic heterocycles. The molecule has 1 heterocycles. The van der Waals surface area contributed by atoms with Crippen LogP contribution in [0.2, 0.25) is 0 Å². The van der Waals surface area contributed by atoms with Gasteiger partial charge in [-0.05, 0) is 63.6 Å². The maximum atomic E-state index is 6.23. The molecule has 0 amide bonds. The lowest BCUT2D eigenvalue weighted by atomic mass is 9.94. The minimum absolute atomic E-state index is 0.945. The first-order valence-electron chi connectivity index (χ1n) is 11.5. The van der Waals surface area contributed by atoms with E-state index in [0.717, 1.165) is 17.6 Å². The highest BCUT2D eigenvalue weighted by Crippen LogP contribution is 2.39. The Hall–Kier alpha value is -4.10. The van der Waals surface area contributed by atoms with Crippen LogP contribution in [0.3, 0.4) is 0 Å². The Morgan fingerprint density at radius 2 is 1.06 bits per heavy atom. The van der Waals surface area contributed by atoms with Crippen LogP contribution < -0.4 is 0 Å². The lowest BCUT2D eigenvalue weighted by molar-refractivity contribution is 0.669. The van der Waals surface area contributed by atoms with Gasteiger partial charge in [0.05, 0.1) is 0 Å². The van der Waals surface area contributed by atoms with Crippen LogP contribution in [0.5, 0.6) is 0 Å². The highest BCUT2D eigenvalue weighted by Gasteiger charge is 2.15. The van der Waals surface area contributed by atoms with Crippen LogP contribution in [-0.2, 0) is 6.42 Å². The van der Waals surface area contributed by atoms with Gasteiger partial charge < -0.3 is 4.42 Å². The first-order valence-corrected chi connectivity index (χ1v) is 11.5. The van der Waals surface area contributed by atoms with Crippen molar-refractivity contribution in [3.63, 3.8) is 0 Å². The number of furan rings is 1. The van der Waals surface area contributed by atoms with Gasteiger partial charge in [-0.25, -0.2) is 0 Å². The van der Waals surface area contributed by atoms with E-state index >= 15 is 0 Å². The summed E-state index contributed by atoms with van der Waals surface area (Å²) in [6.07, 6.45) is 0.980. The zero-order chi connectivity index (χ0) is 22.2. The van der Waals surface area contributed by atoms with Crippen molar-refractivity contribution in [3.05, 3.63) is 121 Å². The Morgan fingerprint density at radius 1 is 0.485 bits per heavy atom. The summed E-state index contributed by atoms with van der Waals surface area (Å²) in [6, 6.07) is 40.9. The van der Waals surface area contributed by atoms with Gasteiger partial charge in [0.2, 0.25) is 0 Å². The fourth-order valence-electron chi connectivity index (χ4n) is 4.83. The third-order valence-electron chi connectivity index (χ3n) is 6.49. The van der Waals surface area contributed by atoms with E-state index in [-0.39, 0.29) is 0 Å². The molecule has 0 N–H and O–H groups in total. The largest absolute Gasteiger partial charge is 0.456 e. The maximum Gasteiger partial charge on any atom is 0.136 e. The number of benzene rings is 5. The standard InChI is InChI=1S/C32H24O/c1-2-22-11-7-15-29-31(22)32-28(14-8-16-30(32)33-29)27-13-6-12-26(21-27)25-19-17-24(18-20-25)23-9-4-3-5-10-23/h3-21H,2H2,1H3. The maximum absolute atomic E-state index is 6.23. The highest BCUT2D eigenvalue weighted by atomic mass is 16.3. The Balaban J connectivity index is 1.46. The van der Waals surface area contributed by atoms with Crippen molar-refractivity contribution in [3.8, 4) is 33.4 Å². The van der Waals surface area contributed by atoms with Gasteiger partial charge in [-0.15, -0.1) is 0 Å². The Morgan fingerprint density at radius 3 is 1.82 bits per heavy atom. The van der Waals surface area contributed by atoms with Crippen LogP contribution in [0.25, 0.3) is 55.3 Å². The summed E-state index contributed by atoms with van der Waals surface area (Å²) in [5, 5.41) is 2.45. The van der Waals surface area contributed by atoms with E-state index in [2.05, 4.69) is 122 Å². The quantitative estimate of drug-likeness (QED) is 0.275. The van der Waals surface area contributed by atoms with Gasteiger partial charge in [0, 0.05) is 10.8 Å². The number of fused-ring (bicyclic) bond motifs is 3. The van der Waals surface area contributed by atoms with E-state index in [1.165, 1.54) is 49.7 Å². The molecule has 0 spiro atoms. The van der Waals surface area contributed by atoms with Crippen molar-refractivity contribution in [2.24, 2.45) is 0 Å². The molecule has 1 heteroatoms. The molecule has 0 fully saturated rings. The van der Waals surface area contributed by atoms with Gasteiger partial charge in [-0.3, -0.25) is 0 Å². The number of hydrogen-bond donors (Lipinski definition) is 0.